The number of hydrogen-bond donors (Lipinski definition) is 0. The molecule has 2 heterocycles. The lowest BCUT2D eigenvalue weighted by molar-refractivity contribution is -0.384. The van der Waals surface area contributed by atoms with Gasteiger partial charge in [-0.15, -0.1) is 0 Å². The summed E-state index contributed by atoms with van der Waals surface area (Å²) in [5, 5.41) is 18.2. The number of nitro groups is 1. The molecule has 0 radical (unpaired) electrons. The highest BCUT2D eigenvalue weighted by atomic mass is 79.9. The lowest BCUT2D eigenvalue weighted by atomic mass is 9.96. The molecule has 0 saturated carbocycles. The summed E-state index contributed by atoms with van der Waals surface area (Å²) >= 11 is 9.48. The van der Waals surface area contributed by atoms with Gasteiger partial charge in [0.2, 0.25) is 6.23 Å². The van der Waals surface area contributed by atoms with Crippen LogP contribution >= 0.6 is 27.5 Å². The highest BCUT2D eigenvalue weighted by Crippen LogP contribution is 2.48. The van der Waals surface area contributed by atoms with E-state index in [1.165, 1.54) is 12.1 Å². The lowest BCUT2D eigenvalue weighted by Crippen LogP contribution is -2.33. The highest BCUT2D eigenvalue weighted by Gasteiger charge is 2.41. The SMILES string of the molecule is O=[N+]([O-])c1cc(C2Oc3ccccc3C3CC(c4ccc(Br)cc4)=NN32)ccc1Cl. The minimum absolute atomic E-state index is 0.0201. The van der Waals surface area contributed by atoms with Gasteiger partial charge >= 0.3 is 0 Å². The van der Waals surface area contributed by atoms with E-state index in [-0.39, 0.29) is 16.8 Å². The van der Waals surface area contributed by atoms with Gasteiger partial charge in [0.25, 0.3) is 5.69 Å². The first-order valence-electron chi connectivity index (χ1n) is 9.32. The average Bonchev–Trinajstić information content (AvgIpc) is 3.19. The van der Waals surface area contributed by atoms with Gasteiger partial charge in [0.1, 0.15) is 10.8 Å². The van der Waals surface area contributed by atoms with Gasteiger partial charge in [0.05, 0.1) is 16.7 Å². The zero-order valence-corrected chi connectivity index (χ0v) is 17.9. The lowest BCUT2D eigenvalue weighted by Gasteiger charge is -2.38. The quantitative estimate of drug-likeness (QED) is 0.325. The summed E-state index contributed by atoms with van der Waals surface area (Å²) < 4.78 is 7.26. The van der Waals surface area contributed by atoms with E-state index in [1.54, 1.807) is 6.07 Å². The fourth-order valence-electron chi connectivity index (χ4n) is 3.89. The molecule has 6 nitrogen and oxygen atoms in total. The third-order valence-corrected chi connectivity index (χ3v) is 6.18. The molecule has 30 heavy (non-hydrogen) atoms. The molecule has 0 fully saturated rings. The topological polar surface area (TPSA) is 68.0 Å². The van der Waals surface area contributed by atoms with Gasteiger partial charge in [-0.05, 0) is 29.8 Å². The number of nitrogens with zero attached hydrogens (tertiary/aromatic N) is 3. The van der Waals surface area contributed by atoms with Gasteiger partial charge in [0, 0.05) is 28.1 Å². The van der Waals surface area contributed by atoms with E-state index in [9.17, 15) is 10.1 Å². The molecule has 2 unspecified atom stereocenters. The fourth-order valence-corrected chi connectivity index (χ4v) is 4.35. The van der Waals surface area contributed by atoms with Crippen molar-refractivity contribution in [2.24, 2.45) is 5.10 Å². The molecule has 8 heteroatoms. The number of hydrazone groups is 1. The Kier molecular flexibility index (Phi) is 4.72. The number of nitro benzene ring substituents is 1. The molecular formula is C22H15BrClN3O3. The molecule has 0 amide bonds. The summed E-state index contributed by atoms with van der Waals surface area (Å²) in [5.74, 6) is 0.758. The van der Waals surface area contributed by atoms with Crippen molar-refractivity contribution in [3.63, 3.8) is 0 Å². The van der Waals surface area contributed by atoms with E-state index in [0.29, 0.717) is 12.0 Å². The summed E-state index contributed by atoms with van der Waals surface area (Å²) in [6.07, 6.45) is 0.127. The van der Waals surface area contributed by atoms with Crippen LogP contribution in [0.3, 0.4) is 0 Å². The van der Waals surface area contributed by atoms with Crippen LogP contribution in [-0.4, -0.2) is 15.6 Å². The second-order valence-corrected chi connectivity index (χ2v) is 8.45. The predicted octanol–water partition coefficient (Wildman–Crippen LogP) is 6.25. The van der Waals surface area contributed by atoms with Crippen LogP contribution < -0.4 is 4.74 Å². The van der Waals surface area contributed by atoms with Gasteiger partial charge in [-0.1, -0.05) is 63.9 Å². The normalized spacial score (nSPS) is 19.5. The summed E-state index contributed by atoms with van der Waals surface area (Å²) in [6.45, 7) is 0. The molecule has 0 aliphatic carbocycles. The molecule has 5 rings (SSSR count). The largest absolute Gasteiger partial charge is 0.464 e. The number of para-hydroxylation sites is 1. The number of benzene rings is 3. The number of hydrogen-bond acceptors (Lipinski definition) is 5. The summed E-state index contributed by atoms with van der Waals surface area (Å²) in [4.78, 5) is 10.9. The summed E-state index contributed by atoms with van der Waals surface area (Å²) in [5.41, 5.74) is 3.51. The Bertz CT molecular complexity index is 1180. The first-order chi connectivity index (χ1) is 14.5. The van der Waals surface area contributed by atoms with E-state index in [1.807, 2.05) is 53.5 Å². The molecule has 3 aromatic rings. The van der Waals surface area contributed by atoms with Crippen molar-refractivity contribution in [1.82, 2.24) is 5.01 Å². The van der Waals surface area contributed by atoms with Crippen molar-refractivity contribution in [3.8, 4) is 5.75 Å². The molecule has 0 N–H and O–H groups in total. The van der Waals surface area contributed by atoms with Crippen molar-refractivity contribution < 1.29 is 9.66 Å². The van der Waals surface area contributed by atoms with Crippen LogP contribution in [0.25, 0.3) is 0 Å². The van der Waals surface area contributed by atoms with E-state index in [2.05, 4.69) is 15.9 Å². The number of rotatable bonds is 3. The molecule has 3 aromatic carbocycles. The smallest absolute Gasteiger partial charge is 0.288 e. The summed E-state index contributed by atoms with van der Waals surface area (Å²) in [6, 6.07) is 20.6. The van der Waals surface area contributed by atoms with Crippen LogP contribution in [0.5, 0.6) is 5.75 Å². The molecule has 0 aromatic heterocycles. The molecule has 2 aliphatic rings. The predicted molar refractivity (Wildman–Crippen MR) is 118 cm³/mol. The van der Waals surface area contributed by atoms with Crippen molar-refractivity contribution in [2.45, 2.75) is 18.7 Å². The standard InChI is InChI=1S/C22H15BrClN3O3/c23-15-8-5-13(6-9-15)18-12-19-16-3-1-2-4-21(16)30-22(26(19)25-18)14-7-10-17(24)20(11-14)27(28)29/h1-11,19,22H,12H2. The molecule has 2 atom stereocenters. The van der Waals surface area contributed by atoms with Crippen molar-refractivity contribution in [2.75, 3.05) is 0 Å². The van der Waals surface area contributed by atoms with Crippen LogP contribution in [0.4, 0.5) is 5.69 Å². The first kappa shape index (κ1) is 19.1. The molecule has 0 saturated heterocycles. The minimum Gasteiger partial charge on any atom is -0.464 e. The van der Waals surface area contributed by atoms with E-state index in [4.69, 9.17) is 21.4 Å². The molecule has 0 spiro atoms. The molecular weight excluding hydrogens is 470 g/mol. The number of halogens is 2. The Labute approximate surface area is 186 Å². The third-order valence-electron chi connectivity index (χ3n) is 5.33. The van der Waals surface area contributed by atoms with Crippen LogP contribution in [0, 0.1) is 10.1 Å². The van der Waals surface area contributed by atoms with Gasteiger partial charge in [0.15, 0.2) is 0 Å². The maximum Gasteiger partial charge on any atom is 0.288 e. The van der Waals surface area contributed by atoms with Gasteiger partial charge in [-0.25, -0.2) is 5.01 Å². The maximum absolute atomic E-state index is 11.4. The van der Waals surface area contributed by atoms with Crippen LogP contribution in [0.1, 0.15) is 35.4 Å². The third kappa shape index (κ3) is 3.24. The zero-order chi connectivity index (χ0) is 20.8. The van der Waals surface area contributed by atoms with Crippen molar-refractivity contribution in [1.29, 1.82) is 0 Å². The number of ether oxygens (including phenoxy) is 1. The second kappa shape index (κ2) is 7.41. The van der Waals surface area contributed by atoms with Crippen LogP contribution in [0.2, 0.25) is 5.02 Å². The van der Waals surface area contributed by atoms with Crippen molar-refractivity contribution in [3.05, 3.63) is 103 Å². The second-order valence-electron chi connectivity index (χ2n) is 7.13. The first-order valence-corrected chi connectivity index (χ1v) is 10.5. The van der Waals surface area contributed by atoms with E-state index >= 15 is 0 Å². The van der Waals surface area contributed by atoms with Crippen molar-refractivity contribution >= 4 is 38.9 Å². The van der Waals surface area contributed by atoms with Crippen LogP contribution in [-0.2, 0) is 0 Å². The highest BCUT2D eigenvalue weighted by molar-refractivity contribution is 9.10. The van der Waals surface area contributed by atoms with Crippen LogP contribution in [0.15, 0.2) is 76.3 Å². The molecule has 150 valence electrons. The number of fused-ring (bicyclic) bond motifs is 3. The minimum atomic E-state index is -0.589. The Morgan fingerprint density at radius 3 is 2.67 bits per heavy atom. The fraction of sp³-hybridized carbons (Fsp3) is 0.136. The Hall–Kier alpha value is -2.90. The summed E-state index contributed by atoms with van der Waals surface area (Å²) in [7, 11) is 0. The van der Waals surface area contributed by atoms with Gasteiger partial charge in [-0.3, -0.25) is 10.1 Å². The van der Waals surface area contributed by atoms with Gasteiger partial charge < -0.3 is 4.74 Å². The Balaban J connectivity index is 1.60. The average molecular weight is 485 g/mol. The Morgan fingerprint density at radius 2 is 1.90 bits per heavy atom. The van der Waals surface area contributed by atoms with Gasteiger partial charge in [-0.2, -0.15) is 5.10 Å². The molecule has 2 aliphatic heterocycles. The zero-order valence-electron chi connectivity index (χ0n) is 15.5. The molecule has 0 bridgehead atoms. The monoisotopic (exact) mass is 483 g/mol. The Morgan fingerprint density at radius 1 is 1.13 bits per heavy atom. The maximum atomic E-state index is 11.4. The van der Waals surface area contributed by atoms with E-state index in [0.717, 1.165) is 27.1 Å². The van der Waals surface area contributed by atoms with E-state index < -0.39 is 11.2 Å².